The number of carbonyl (C=O) groups is 1. The molecule has 18 heavy (non-hydrogen) atoms. The van der Waals surface area contributed by atoms with E-state index >= 15 is 0 Å². The Morgan fingerprint density at radius 2 is 2.28 bits per heavy atom. The number of nitrogens with one attached hydrogen (secondary N) is 1. The molecule has 2 aromatic heterocycles. The van der Waals surface area contributed by atoms with Crippen molar-refractivity contribution in [1.82, 2.24) is 15.1 Å². The van der Waals surface area contributed by atoms with E-state index in [0.29, 0.717) is 4.67 Å². The molecule has 1 atom stereocenters. The number of nitrogens with zero attached hydrogens (tertiary/aromatic N) is 2. The van der Waals surface area contributed by atoms with Crippen LogP contribution in [0, 0.1) is 6.92 Å². The Hall–Kier alpha value is -1.56. The zero-order chi connectivity index (χ0) is 13.3. The van der Waals surface area contributed by atoms with E-state index in [0.717, 1.165) is 11.3 Å². The summed E-state index contributed by atoms with van der Waals surface area (Å²) < 4.78 is 7.47. The Morgan fingerprint density at radius 3 is 2.78 bits per heavy atom. The Morgan fingerprint density at radius 1 is 1.56 bits per heavy atom. The zero-order valence-electron chi connectivity index (χ0n) is 10.4. The van der Waals surface area contributed by atoms with Gasteiger partial charge in [-0.2, -0.15) is 5.10 Å². The molecule has 0 saturated heterocycles. The van der Waals surface area contributed by atoms with Crippen molar-refractivity contribution in [2.75, 3.05) is 0 Å². The summed E-state index contributed by atoms with van der Waals surface area (Å²) >= 11 is 3.17. The maximum absolute atomic E-state index is 11.9. The second-order valence-electron chi connectivity index (χ2n) is 4.14. The van der Waals surface area contributed by atoms with Crippen molar-refractivity contribution in [2.24, 2.45) is 7.05 Å². The minimum Gasteiger partial charge on any atom is -0.444 e. The normalized spacial score (nSPS) is 12.4. The van der Waals surface area contributed by atoms with Gasteiger partial charge in [0.15, 0.2) is 10.4 Å². The van der Waals surface area contributed by atoms with E-state index in [2.05, 4.69) is 26.3 Å². The van der Waals surface area contributed by atoms with E-state index < -0.39 is 0 Å². The van der Waals surface area contributed by atoms with E-state index in [1.807, 2.05) is 27.1 Å². The minimum atomic E-state index is -0.239. The van der Waals surface area contributed by atoms with Gasteiger partial charge in [0.25, 0.3) is 5.91 Å². The van der Waals surface area contributed by atoms with Crippen molar-refractivity contribution < 1.29 is 9.21 Å². The molecular formula is C12H14BrN3O2. The van der Waals surface area contributed by atoms with Crippen molar-refractivity contribution >= 4 is 21.8 Å². The van der Waals surface area contributed by atoms with E-state index in [1.54, 1.807) is 16.8 Å². The van der Waals surface area contributed by atoms with Crippen LogP contribution in [0.1, 0.15) is 34.8 Å². The summed E-state index contributed by atoms with van der Waals surface area (Å²) in [5.41, 5.74) is 1.90. The van der Waals surface area contributed by atoms with Crippen molar-refractivity contribution in [3.8, 4) is 0 Å². The second-order valence-corrected chi connectivity index (χ2v) is 4.92. The molecule has 96 valence electrons. The number of hydrogen-bond donors (Lipinski definition) is 1. The monoisotopic (exact) mass is 311 g/mol. The van der Waals surface area contributed by atoms with Gasteiger partial charge in [-0.25, -0.2) is 0 Å². The Balaban J connectivity index is 2.10. The zero-order valence-corrected chi connectivity index (χ0v) is 12.0. The van der Waals surface area contributed by atoms with Crippen molar-refractivity contribution in [3.63, 3.8) is 0 Å². The fourth-order valence-electron chi connectivity index (χ4n) is 1.82. The lowest BCUT2D eigenvalue weighted by Crippen LogP contribution is -2.26. The number of halogens is 1. The van der Waals surface area contributed by atoms with Crippen LogP contribution in [0.25, 0.3) is 0 Å². The quantitative estimate of drug-likeness (QED) is 0.947. The average Bonchev–Trinajstić information content (AvgIpc) is 2.84. The topological polar surface area (TPSA) is 60.1 Å². The number of aryl methyl sites for hydroxylation is 2. The lowest BCUT2D eigenvalue weighted by atomic mass is 10.1. The van der Waals surface area contributed by atoms with E-state index in [-0.39, 0.29) is 17.7 Å². The smallest absolute Gasteiger partial charge is 0.287 e. The van der Waals surface area contributed by atoms with Crippen molar-refractivity contribution in [1.29, 1.82) is 0 Å². The largest absolute Gasteiger partial charge is 0.444 e. The van der Waals surface area contributed by atoms with Gasteiger partial charge in [0, 0.05) is 18.8 Å². The number of hydrogen-bond acceptors (Lipinski definition) is 3. The SMILES string of the molecule is Cc1nn(C)cc1[C@@H](C)NC(=O)c1ccc(Br)o1. The highest BCUT2D eigenvalue weighted by molar-refractivity contribution is 9.10. The number of furan rings is 1. The van der Waals surface area contributed by atoms with Gasteiger partial charge in [0.1, 0.15) is 0 Å². The second kappa shape index (κ2) is 4.97. The van der Waals surface area contributed by atoms with Gasteiger partial charge in [0.2, 0.25) is 0 Å². The predicted octanol–water partition coefficient (Wildman–Crippen LogP) is 2.58. The lowest BCUT2D eigenvalue weighted by molar-refractivity contribution is 0.0910. The molecule has 0 radical (unpaired) electrons. The standard InChI is InChI=1S/C12H14BrN3O2/c1-7(9-6-16(3)15-8(9)2)14-12(17)10-4-5-11(13)18-10/h4-7H,1-3H3,(H,14,17)/t7-/m1/s1. The number of amides is 1. The molecule has 1 N–H and O–H groups in total. The van der Waals surface area contributed by atoms with Gasteiger partial charge in [-0.05, 0) is 41.9 Å². The average molecular weight is 312 g/mol. The molecule has 0 aliphatic heterocycles. The molecule has 0 aliphatic rings. The molecular weight excluding hydrogens is 298 g/mol. The third-order valence-electron chi connectivity index (χ3n) is 2.66. The van der Waals surface area contributed by atoms with Crippen LogP contribution in [0.4, 0.5) is 0 Å². The number of aromatic nitrogens is 2. The lowest BCUT2D eigenvalue weighted by Gasteiger charge is -2.11. The molecule has 0 aromatic carbocycles. The van der Waals surface area contributed by atoms with Crippen LogP contribution in [0.3, 0.4) is 0 Å². The first-order valence-electron chi connectivity index (χ1n) is 5.53. The molecule has 0 unspecified atom stereocenters. The van der Waals surface area contributed by atoms with Gasteiger partial charge in [-0.1, -0.05) is 0 Å². The molecule has 0 spiro atoms. The summed E-state index contributed by atoms with van der Waals surface area (Å²) in [7, 11) is 1.86. The molecule has 5 nitrogen and oxygen atoms in total. The van der Waals surface area contributed by atoms with Crippen LogP contribution in [-0.4, -0.2) is 15.7 Å². The fraction of sp³-hybridized carbons (Fsp3) is 0.333. The van der Waals surface area contributed by atoms with Gasteiger partial charge in [-0.3, -0.25) is 9.48 Å². The molecule has 0 aliphatic carbocycles. The first kappa shape index (κ1) is 12.9. The molecule has 0 bridgehead atoms. The maximum Gasteiger partial charge on any atom is 0.287 e. The molecule has 1 amide bonds. The van der Waals surface area contributed by atoms with Crippen LogP contribution in [0.5, 0.6) is 0 Å². The van der Waals surface area contributed by atoms with Gasteiger partial charge in [0.05, 0.1) is 11.7 Å². The van der Waals surface area contributed by atoms with E-state index in [1.165, 1.54) is 0 Å². The summed E-state index contributed by atoms with van der Waals surface area (Å²) in [5.74, 6) is 0.0479. The third kappa shape index (κ3) is 2.64. The van der Waals surface area contributed by atoms with Crippen molar-refractivity contribution in [2.45, 2.75) is 19.9 Å². The first-order valence-corrected chi connectivity index (χ1v) is 6.33. The fourth-order valence-corrected chi connectivity index (χ4v) is 2.13. The Labute approximate surface area is 113 Å². The number of rotatable bonds is 3. The van der Waals surface area contributed by atoms with Crippen LogP contribution >= 0.6 is 15.9 Å². The summed E-state index contributed by atoms with van der Waals surface area (Å²) in [6.45, 7) is 3.83. The van der Waals surface area contributed by atoms with Crippen LogP contribution < -0.4 is 5.32 Å². The molecule has 2 aromatic rings. The van der Waals surface area contributed by atoms with E-state index in [4.69, 9.17) is 4.42 Å². The molecule has 0 saturated carbocycles. The van der Waals surface area contributed by atoms with Crippen LogP contribution in [0.15, 0.2) is 27.4 Å². The molecule has 6 heteroatoms. The third-order valence-corrected chi connectivity index (χ3v) is 3.09. The van der Waals surface area contributed by atoms with Gasteiger partial charge in [-0.15, -0.1) is 0 Å². The molecule has 0 fully saturated rings. The van der Waals surface area contributed by atoms with Crippen LogP contribution in [0.2, 0.25) is 0 Å². The minimum absolute atomic E-state index is 0.116. The van der Waals surface area contributed by atoms with Gasteiger partial charge < -0.3 is 9.73 Å². The molecule has 2 heterocycles. The van der Waals surface area contributed by atoms with E-state index in [9.17, 15) is 4.79 Å². The van der Waals surface area contributed by atoms with Crippen molar-refractivity contribution in [3.05, 3.63) is 40.0 Å². The highest BCUT2D eigenvalue weighted by Crippen LogP contribution is 2.18. The Bertz CT molecular complexity index is 574. The summed E-state index contributed by atoms with van der Waals surface area (Å²) in [6.07, 6.45) is 1.90. The predicted molar refractivity (Wildman–Crippen MR) is 70.2 cm³/mol. The summed E-state index contributed by atoms with van der Waals surface area (Å²) in [6, 6.07) is 3.20. The highest BCUT2D eigenvalue weighted by Gasteiger charge is 2.17. The highest BCUT2D eigenvalue weighted by atomic mass is 79.9. The van der Waals surface area contributed by atoms with Gasteiger partial charge >= 0.3 is 0 Å². The van der Waals surface area contributed by atoms with Crippen LogP contribution in [-0.2, 0) is 7.05 Å². The summed E-state index contributed by atoms with van der Waals surface area (Å²) in [5, 5.41) is 7.12. The molecule has 2 rings (SSSR count). The summed E-state index contributed by atoms with van der Waals surface area (Å²) in [4.78, 5) is 11.9. The number of carbonyl (C=O) groups excluding carboxylic acids is 1. The Kier molecular flexibility index (Phi) is 3.56. The first-order chi connectivity index (χ1) is 8.47. The maximum atomic E-state index is 11.9.